The summed E-state index contributed by atoms with van der Waals surface area (Å²) in [5.74, 6) is -2.80. The van der Waals surface area contributed by atoms with Gasteiger partial charge in [-0.15, -0.1) is 0 Å². The molecule has 2 fully saturated rings. The Hall–Kier alpha value is -1.27. The van der Waals surface area contributed by atoms with Crippen molar-refractivity contribution in [3.05, 3.63) is 0 Å². The minimum atomic E-state index is -4.13. The third-order valence-electron chi connectivity index (χ3n) is 5.17. The van der Waals surface area contributed by atoms with Crippen LogP contribution < -0.4 is 0 Å². The number of hydrogen-bond acceptors (Lipinski definition) is 2. The topological polar surface area (TPSA) is 57.6 Å². The first-order chi connectivity index (χ1) is 10.2. The summed E-state index contributed by atoms with van der Waals surface area (Å²) >= 11 is 0. The van der Waals surface area contributed by atoms with Crippen LogP contribution in [0.2, 0.25) is 0 Å². The number of rotatable bonds is 3. The van der Waals surface area contributed by atoms with Crippen molar-refractivity contribution < 1.29 is 27.9 Å². The fraction of sp³-hybridized carbons (Fsp3) is 0.867. The zero-order valence-corrected chi connectivity index (χ0v) is 12.6. The fourth-order valence-electron chi connectivity index (χ4n) is 3.68. The molecule has 0 aromatic carbocycles. The van der Waals surface area contributed by atoms with Gasteiger partial charge in [0.2, 0.25) is 5.91 Å². The summed E-state index contributed by atoms with van der Waals surface area (Å²) < 4.78 is 37.8. The van der Waals surface area contributed by atoms with Gasteiger partial charge in [-0.1, -0.05) is 0 Å². The largest absolute Gasteiger partial charge is 0.481 e. The molecule has 2 unspecified atom stereocenters. The molecule has 22 heavy (non-hydrogen) atoms. The number of carbonyl (C=O) groups excluding carboxylic acids is 1. The van der Waals surface area contributed by atoms with E-state index in [1.54, 1.807) is 11.8 Å². The van der Waals surface area contributed by atoms with Gasteiger partial charge in [0, 0.05) is 19.0 Å². The van der Waals surface area contributed by atoms with E-state index in [4.69, 9.17) is 5.11 Å². The SMILES string of the molecule is CC1C(C(=O)O)CCN1C(=O)CC1CCC(C(F)(F)F)CC1. The standard InChI is InChI=1S/C15H22F3NO3/c1-9-12(14(21)22)6-7-19(9)13(20)8-10-2-4-11(5-3-10)15(16,17)18/h9-12H,2-8H2,1H3,(H,21,22). The van der Waals surface area contributed by atoms with Gasteiger partial charge >= 0.3 is 12.1 Å². The second-order valence-electron chi connectivity index (χ2n) is 6.52. The molecule has 2 atom stereocenters. The maximum atomic E-state index is 12.6. The summed E-state index contributed by atoms with van der Waals surface area (Å²) in [7, 11) is 0. The zero-order valence-electron chi connectivity index (χ0n) is 12.6. The summed E-state index contributed by atoms with van der Waals surface area (Å²) in [4.78, 5) is 24.9. The molecule has 126 valence electrons. The smallest absolute Gasteiger partial charge is 0.391 e. The maximum Gasteiger partial charge on any atom is 0.391 e. The molecule has 0 aromatic heterocycles. The molecule has 2 rings (SSSR count). The first-order valence-electron chi connectivity index (χ1n) is 7.79. The van der Waals surface area contributed by atoms with Gasteiger partial charge < -0.3 is 10.0 Å². The van der Waals surface area contributed by atoms with Crippen LogP contribution in [-0.2, 0) is 9.59 Å². The highest BCUT2D eigenvalue weighted by atomic mass is 19.4. The minimum Gasteiger partial charge on any atom is -0.481 e. The third-order valence-corrected chi connectivity index (χ3v) is 5.17. The van der Waals surface area contributed by atoms with Crippen LogP contribution in [0.25, 0.3) is 0 Å². The quantitative estimate of drug-likeness (QED) is 0.869. The summed E-state index contributed by atoms with van der Waals surface area (Å²) in [5.41, 5.74) is 0. The Morgan fingerprint density at radius 3 is 2.18 bits per heavy atom. The Bertz CT molecular complexity index is 430. The van der Waals surface area contributed by atoms with Crippen LogP contribution >= 0.6 is 0 Å². The van der Waals surface area contributed by atoms with Crippen LogP contribution in [0.3, 0.4) is 0 Å². The van der Waals surface area contributed by atoms with Crippen LogP contribution in [0, 0.1) is 17.8 Å². The molecule has 0 spiro atoms. The van der Waals surface area contributed by atoms with Gasteiger partial charge in [0.1, 0.15) is 0 Å². The molecule has 2 aliphatic rings. The van der Waals surface area contributed by atoms with Crippen molar-refractivity contribution in [2.45, 2.75) is 57.7 Å². The normalized spacial score (nSPS) is 33.0. The van der Waals surface area contributed by atoms with Crippen molar-refractivity contribution in [1.29, 1.82) is 0 Å². The van der Waals surface area contributed by atoms with Crippen molar-refractivity contribution in [2.75, 3.05) is 6.54 Å². The van der Waals surface area contributed by atoms with Gasteiger partial charge in [0.05, 0.1) is 11.8 Å². The van der Waals surface area contributed by atoms with Gasteiger partial charge in [-0.05, 0) is 44.9 Å². The second-order valence-corrected chi connectivity index (χ2v) is 6.52. The Kier molecular flexibility index (Phi) is 5.02. The lowest BCUT2D eigenvalue weighted by Crippen LogP contribution is -2.39. The molecule has 1 N–H and O–H groups in total. The summed E-state index contributed by atoms with van der Waals surface area (Å²) in [5, 5.41) is 9.07. The summed E-state index contributed by atoms with van der Waals surface area (Å²) in [6.07, 6.45) is -2.43. The maximum absolute atomic E-state index is 12.6. The lowest BCUT2D eigenvalue weighted by atomic mass is 9.80. The van der Waals surface area contributed by atoms with Crippen LogP contribution in [0.4, 0.5) is 13.2 Å². The predicted molar refractivity (Wildman–Crippen MR) is 73.0 cm³/mol. The van der Waals surface area contributed by atoms with E-state index >= 15 is 0 Å². The second kappa shape index (κ2) is 6.46. The number of alkyl halides is 3. The van der Waals surface area contributed by atoms with Crippen LogP contribution in [0.1, 0.15) is 45.4 Å². The van der Waals surface area contributed by atoms with E-state index in [1.807, 2.05) is 0 Å². The van der Waals surface area contributed by atoms with Crippen molar-refractivity contribution in [3.63, 3.8) is 0 Å². The number of halogens is 3. The Labute approximate surface area is 127 Å². The third kappa shape index (κ3) is 3.73. The van der Waals surface area contributed by atoms with E-state index < -0.39 is 24.0 Å². The van der Waals surface area contributed by atoms with E-state index in [0.717, 1.165) is 0 Å². The van der Waals surface area contributed by atoms with Gasteiger partial charge in [-0.2, -0.15) is 13.2 Å². The number of aliphatic carboxylic acids is 1. The highest BCUT2D eigenvalue weighted by Crippen LogP contribution is 2.40. The number of amides is 1. The molecule has 1 aliphatic carbocycles. The molecule has 1 saturated heterocycles. The van der Waals surface area contributed by atoms with E-state index in [2.05, 4.69) is 0 Å². The highest BCUT2D eigenvalue weighted by molar-refractivity contribution is 5.79. The zero-order chi connectivity index (χ0) is 16.5. The van der Waals surface area contributed by atoms with E-state index in [-0.39, 0.29) is 37.1 Å². The minimum absolute atomic E-state index is 0.0119. The van der Waals surface area contributed by atoms with Crippen molar-refractivity contribution in [1.82, 2.24) is 4.90 Å². The number of nitrogens with zero attached hydrogens (tertiary/aromatic N) is 1. The van der Waals surface area contributed by atoms with Crippen LogP contribution in [0.15, 0.2) is 0 Å². The number of carbonyl (C=O) groups is 2. The van der Waals surface area contributed by atoms with E-state index in [9.17, 15) is 22.8 Å². The first kappa shape index (κ1) is 17.1. The molecule has 1 aliphatic heterocycles. The summed E-state index contributed by atoms with van der Waals surface area (Å²) in [6, 6.07) is -0.337. The Balaban J connectivity index is 1.83. The number of carboxylic acids is 1. The molecule has 0 bridgehead atoms. The van der Waals surface area contributed by atoms with Gasteiger partial charge in [-0.3, -0.25) is 9.59 Å². The average Bonchev–Trinajstić information content (AvgIpc) is 2.80. The Morgan fingerprint density at radius 1 is 1.14 bits per heavy atom. The van der Waals surface area contributed by atoms with Crippen LogP contribution in [0.5, 0.6) is 0 Å². The van der Waals surface area contributed by atoms with E-state index in [1.165, 1.54) is 0 Å². The van der Waals surface area contributed by atoms with E-state index in [0.29, 0.717) is 25.8 Å². The molecule has 4 nitrogen and oxygen atoms in total. The molecule has 1 heterocycles. The van der Waals surface area contributed by atoms with Gasteiger partial charge in [0.25, 0.3) is 0 Å². The average molecular weight is 321 g/mol. The molecule has 0 radical (unpaired) electrons. The highest BCUT2D eigenvalue weighted by Gasteiger charge is 2.42. The molecule has 7 heteroatoms. The fourth-order valence-corrected chi connectivity index (χ4v) is 3.68. The van der Waals surface area contributed by atoms with Crippen molar-refractivity contribution in [2.24, 2.45) is 17.8 Å². The van der Waals surface area contributed by atoms with Crippen molar-refractivity contribution in [3.8, 4) is 0 Å². The predicted octanol–water partition coefficient (Wildman–Crippen LogP) is 3.07. The van der Waals surface area contributed by atoms with Gasteiger partial charge in [0.15, 0.2) is 0 Å². The monoisotopic (exact) mass is 321 g/mol. The van der Waals surface area contributed by atoms with Gasteiger partial charge in [-0.25, -0.2) is 0 Å². The number of likely N-dealkylation sites (tertiary alicyclic amines) is 1. The molecule has 1 amide bonds. The first-order valence-corrected chi connectivity index (χ1v) is 7.79. The lowest BCUT2D eigenvalue weighted by molar-refractivity contribution is -0.184. The molecule has 1 saturated carbocycles. The Morgan fingerprint density at radius 2 is 1.73 bits per heavy atom. The van der Waals surface area contributed by atoms with Crippen molar-refractivity contribution >= 4 is 11.9 Å². The number of carboxylic acid groups (broad SMARTS) is 1. The molecular formula is C15H22F3NO3. The lowest BCUT2D eigenvalue weighted by Gasteiger charge is -2.31. The molecular weight excluding hydrogens is 299 g/mol. The summed E-state index contributed by atoms with van der Waals surface area (Å²) in [6.45, 7) is 2.15. The van der Waals surface area contributed by atoms with Crippen LogP contribution in [-0.4, -0.2) is 40.6 Å². The number of hydrogen-bond donors (Lipinski definition) is 1. The molecule has 0 aromatic rings.